The monoisotopic (exact) mass is 388 g/mol. The first-order valence-electron chi connectivity index (χ1n) is 5.38. The molecule has 2 aromatic rings. The second-order valence-corrected chi connectivity index (χ2v) is 5.83. The first-order valence-corrected chi connectivity index (χ1v) is 7.50. The highest BCUT2D eigenvalue weighted by Crippen LogP contribution is 2.23. The molecule has 0 radical (unpaired) electrons. The van der Waals surface area contributed by atoms with Gasteiger partial charge in [0.15, 0.2) is 0 Å². The van der Waals surface area contributed by atoms with Crippen LogP contribution in [0.1, 0.15) is 11.1 Å². The van der Waals surface area contributed by atoms with Gasteiger partial charge >= 0.3 is 0 Å². The van der Waals surface area contributed by atoms with Crippen LogP contribution in [0, 0.1) is 0 Å². The number of pyridine rings is 1. The molecule has 0 aliphatic carbocycles. The number of anilines is 1. The zero-order chi connectivity index (χ0) is 13.0. The summed E-state index contributed by atoms with van der Waals surface area (Å²) in [6.45, 7) is 0.720. The van der Waals surface area contributed by atoms with Gasteiger partial charge in [0.1, 0.15) is 5.82 Å². The lowest BCUT2D eigenvalue weighted by Gasteiger charge is -2.08. The van der Waals surface area contributed by atoms with Gasteiger partial charge in [-0.3, -0.25) is 0 Å². The smallest absolute Gasteiger partial charge is 0.140 e. The summed E-state index contributed by atoms with van der Waals surface area (Å²) in [6.07, 6.45) is 1.77. The molecule has 1 N–H and O–H groups in total. The summed E-state index contributed by atoms with van der Waals surface area (Å²) in [4.78, 5) is 4.30. The topological polar surface area (TPSA) is 24.9 Å². The van der Waals surface area contributed by atoms with Crippen LogP contribution in [0.3, 0.4) is 0 Å². The summed E-state index contributed by atoms with van der Waals surface area (Å²) in [5, 5.41) is 3.29. The molecule has 0 atom stereocenters. The van der Waals surface area contributed by atoms with Crippen LogP contribution in [0.15, 0.2) is 45.5 Å². The fourth-order valence-electron chi connectivity index (χ4n) is 1.55. The van der Waals surface area contributed by atoms with Crippen LogP contribution in [0.25, 0.3) is 0 Å². The van der Waals surface area contributed by atoms with Crippen molar-refractivity contribution in [3.05, 3.63) is 56.6 Å². The normalized spacial score (nSPS) is 10.4. The Kier molecular flexibility index (Phi) is 5.03. The predicted octanol–water partition coefficient (Wildman–Crippen LogP) is 4.96. The minimum atomic E-state index is 0.536. The van der Waals surface area contributed by atoms with Crippen molar-refractivity contribution in [1.82, 2.24) is 4.98 Å². The highest BCUT2D eigenvalue weighted by molar-refractivity contribution is 9.11. The SMILES string of the molecule is ClCc1cccc(CNc2ncc(Br)cc2Br)c1. The molecule has 18 heavy (non-hydrogen) atoms. The lowest BCUT2D eigenvalue weighted by atomic mass is 10.1. The van der Waals surface area contributed by atoms with E-state index in [1.54, 1.807) is 6.20 Å². The van der Waals surface area contributed by atoms with Gasteiger partial charge in [-0.15, -0.1) is 11.6 Å². The number of alkyl halides is 1. The number of benzene rings is 1. The molecule has 2 rings (SSSR count). The van der Waals surface area contributed by atoms with E-state index >= 15 is 0 Å². The number of aromatic nitrogens is 1. The van der Waals surface area contributed by atoms with Crippen LogP contribution in [0.4, 0.5) is 5.82 Å². The molecule has 0 bridgehead atoms. The number of rotatable bonds is 4. The maximum Gasteiger partial charge on any atom is 0.140 e. The number of nitrogens with zero attached hydrogens (tertiary/aromatic N) is 1. The fourth-order valence-corrected chi connectivity index (χ4v) is 2.85. The van der Waals surface area contributed by atoms with E-state index in [1.165, 1.54) is 5.56 Å². The van der Waals surface area contributed by atoms with Crippen LogP contribution in [-0.4, -0.2) is 4.98 Å². The predicted molar refractivity (Wildman–Crippen MR) is 83.0 cm³/mol. The van der Waals surface area contributed by atoms with Gasteiger partial charge in [-0.1, -0.05) is 24.3 Å². The third-order valence-corrected chi connectivity index (χ3v) is 3.76. The Hall–Kier alpha value is -0.580. The second-order valence-electron chi connectivity index (χ2n) is 3.79. The molecule has 0 fully saturated rings. The highest BCUT2D eigenvalue weighted by Gasteiger charge is 2.02. The van der Waals surface area contributed by atoms with Crippen molar-refractivity contribution in [3.63, 3.8) is 0 Å². The van der Waals surface area contributed by atoms with Gasteiger partial charge in [0.25, 0.3) is 0 Å². The Morgan fingerprint density at radius 1 is 1.17 bits per heavy atom. The Bertz CT molecular complexity index is 546. The van der Waals surface area contributed by atoms with Gasteiger partial charge in [0.05, 0.1) is 4.47 Å². The molecule has 0 unspecified atom stereocenters. The van der Waals surface area contributed by atoms with Crippen LogP contribution >= 0.6 is 43.5 Å². The molecular weight excluding hydrogens is 379 g/mol. The maximum absolute atomic E-state index is 5.81. The molecule has 1 aromatic heterocycles. The molecule has 1 aromatic carbocycles. The fraction of sp³-hybridized carbons (Fsp3) is 0.154. The Morgan fingerprint density at radius 2 is 1.94 bits per heavy atom. The number of halogens is 3. The molecule has 0 saturated heterocycles. The third-order valence-electron chi connectivity index (χ3n) is 2.41. The van der Waals surface area contributed by atoms with Crippen LogP contribution < -0.4 is 5.32 Å². The van der Waals surface area contributed by atoms with E-state index in [9.17, 15) is 0 Å². The molecule has 0 aliphatic rings. The van der Waals surface area contributed by atoms with Gasteiger partial charge in [-0.25, -0.2) is 4.98 Å². The average molecular weight is 391 g/mol. The van der Waals surface area contributed by atoms with Crippen molar-refractivity contribution in [3.8, 4) is 0 Å². The Balaban J connectivity index is 2.06. The van der Waals surface area contributed by atoms with E-state index in [0.717, 1.165) is 26.9 Å². The zero-order valence-corrected chi connectivity index (χ0v) is 13.4. The first kappa shape index (κ1) is 13.8. The molecule has 0 aliphatic heterocycles. The molecule has 1 heterocycles. The van der Waals surface area contributed by atoms with E-state index in [0.29, 0.717) is 5.88 Å². The number of hydrogen-bond donors (Lipinski definition) is 1. The average Bonchev–Trinajstić information content (AvgIpc) is 2.38. The number of nitrogens with one attached hydrogen (secondary N) is 1. The molecule has 5 heteroatoms. The largest absolute Gasteiger partial charge is 0.365 e. The van der Waals surface area contributed by atoms with E-state index in [-0.39, 0.29) is 0 Å². The van der Waals surface area contributed by atoms with Crippen molar-refractivity contribution in [1.29, 1.82) is 0 Å². The quantitative estimate of drug-likeness (QED) is 0.747. The minimum absolute atomic E-state index is 0.536. The van der Waals surface area contributed by atoms with Crippen LogP contribution in [-0.2, 0) is 12.4 Å². The maximum atomic E-state index is 5.81. The van der Waals surface area contributed by atoms with E-state index in [1.807, 2.05) is 18.2 Å². The summed E-state index contributed by atoms with van der Waals surface area (Å²) in [5.74, 6) is 1.36. The summed E-state index contributed by atoms with van der Waals surface area (Å²) in [5.41, 5.74) is 2.31. The molecular formula is C13H11Br2ClN2. The summed E-state index contributed by atoms with van der Waals surface area (Å²) >= 11 is 12.7. The van der Waals surface area contributed by atoms with Crippen molar-refractivity contribution < 1.29 is 0 Å². The molecule has 0 amide bonds. The van der Waals surface area contributed by atoms with Gasteiger partial charge in [-0.2, -0.15) is 0 Å². The molecule has 2 nitrogen and oxygen atoms in total. The van der Waals surface area contributed by atoms with Gasteiger partial charge in [0.2, 0.25) is 0 Å². The lowest BCUT2D eigenvalue weighted by Crippen LogP contribution is -2.02. The summed E-state index contributed by atoms with van der Waals surface area (Å²) < 4.78 is 1.88. The van der Waals surface area contributed by atoms with Crippen molar-refractivity contribution in [2.24, 2.45) is 0 Å². The zero-order valence-electron chi connectivity index (χ0n) is 9.46. The van der Waals surface area contributed by atoms with E-state index in [4.69, 9.17) is 11.6 Å². The van der Waals surface area contributed by atoms with Crippen molar-refractivity contribution in [2.45, 2.75) is 12.4 Å². The summed E-state index contributed by atoms with van der Waals surface area (Å²) in [6, 6.07) is 10.1. The van der Waals surface area contributed by atoms with Crippen LogP contribution in [0.2, 0.25) is 0 Å². The summed E-state index contributed by atoms with van der Waals surface area (Å²) in [7, 11) is 0. The van der Waals surface area contributed by atoms with E-state index in [2.05, 4.69) is 54.3 Å². The van der Waals surface area contributed by atoms with E-state index < -0.39 is 0 Å². The van der Waals surface area contributed by atoms with Gasteiger partial charge in [-0.05, 0) is 49.1 Å². The number of hydrogen-bond acceptors (Lipinski definition) is 2. The lowest BCUT2D eigenvalue weighted by molar-refractivity contribution is 1.10. The second kappa shape index (κ2) is 6.55. The first-order chi connectivity index (χ1) is 8.69. The van der Waals surface area contributed by atoms with Crippen molar-refractivity contribution in [2.75, 3.05) is 5.32 Å². The Morgan fingerprint density at radius 3 is 2.67 bits per heavy atom. The molecule has 0 spiro atoms. The minimum Gasteiger partial charge on any atom is -0.365 e. The highest BCUT2D eigenvalue weighted by atomic mass is 79.9. The molecule has 94 valence electrons. The van der Waals surface area contributed by atoms with Crippen molar-refractivity contribution >= 4 is 49.3 Å². The van der Waals surface area contributed by atoms with Crippen LogP contribution in [0.5, 0.6) is 0 Å². The third kappa shape index (κ3) is 3.70. The standard InChI is InChI=1S/C13H11Br2ClN2/c14-11-5-12(15)13(18-8-11)17-7-10-3-1-2-9(4-10)6-16/h1-5,8H,6-7H2,(H,17,18). The Labute approximate surface area is 128 Å². The molecule has 0 saturated carbocycles. The van der Waals surface area contributed by atoms with Gasteiger partial charge in [0, 0.05) is 23.1 Å². The van der Waals surface area contributed by atoms with Gasteiger partial charge < -0.3 is 5.32 Å².